The van der Waals surface area contributed by atoms with Crippen molar-refractivity contribution in [1.82, 2.24) is 5.32 Å². The molecule has 0 aromatic rings. The van der Waals surface area contributed by atoms with E-state index in [0.29, 0.717) is 0 Å². The number of aliphatic hydroxyl groups is 2. The number of rotatable bonds is 5. The van der Waals surface area contributed by atoms with Crippen LogP contribution in [0.4, 0.5) is 0 Å². The number of hydrogen-bond donors (Lipinski definition) is 4. The molecule has 0 radical (unpaired) electrons. The van der Waals surface area contributed by atoms with Gasteiger partial charge in [0.1, 0.15) is 0 Å². The Morgan fingerprint density at radius 3 is 2.13 bits per heavy atom. The predicted octanol–water partition coefficient (Wildman–Crippen LogP) is -0.923. The minimum absolute atomic E-state index is 0.151. The Kier molecular flexibility index (Phi) is 5.79. The molecule has 0 aliphatic rings. The number of hydrogen-bond acceptors (Lipinski definition) is 4. The molecule has 5 heteroatoms. The minimum Gasteiger partial charge on any atom is -0.396 e. The highest BCUT2D eigenvalue weighted by molar-refractivity contribution is 5.82. The second-order valence-corrected chi connectivity index (χ2v) is 4.82. The van der Waals surface area contributed by atoms with Crippen LogP contribution in [0, 0.1) is 11.3 Å². The van der Waals surface area contributed by atoms with Gasteiger partial charge >= 0.3 is 0 Å². The molecule has 0 spiro atoms. The third-order valence-electron chi connectivity index (χ3n) is 2.30. The summed E-state index contributed by atoms with van der Waals surface area (Å²) in [5.74, 6) is -0.574. The molecule has 0 fully saturated rings. The van der Waals surface area contributed by atoms with Crippen LogP contribution in [0.5, 0.6) is 0 Å². The minimum atomic E-state index is -0.587. The van der Waals surface area contributed by atoms with Crippen molar-refractivity contribution in [3.05, 3.63) is 0 Å². The zero-order valence-electron chi connectivity index (χ0n) is 9.66. The molecule has 90 valence electrons. The molecule has 0 aromatic heterocycles. The molecule has 5 N–H and O–H groups in total. The molecular formula is C10H22N2O3. The Morgan fingerprint density at radius 2 is 1.80 bits per heavy atom. The van der Waals surface area contributed by atoms with E-state index in [4.69, 9.17) is 15.9 Å². The molecule has 0 aromatic carbocycles. The lowest BCUT2D eigenvalue weighted by Crippen LogP contribution is -2.49. The number of amides is 1. The molecule has 1 atom stereocenters. The summed E-state index contributed by atoms with van der Waals surface area (Å²) >= 11 is 0. The van der Waals surface area contributed by atoms with Gasteiger partial charge in [0.2, 0.25) is 5.91 Å². The lowest BCUT2D eigenvalue weighted by Gasteiger charge is -2.26. The molecule has 1 amide bonds. The van der Waals surface area contributed by atoms with Crippen molar-refractivity contribution in [2.45, 2.75) is 26.8 Å². The SMILES string of the molecule is CC(C)(C)C(N)C(=O)NCC(CO)CO. The molecule has 0 saturated heterocycles. The lowest BCUT2D eigenvalue weighted by atomic mass is 9.87. The van der Waals surface area contributed by atoms with Crippen molar-refractivity contribution in [1.29, 1.82) is 0 Å². The highest BCUT2D eigenvalue weighted by Gasteiger charge is 2.27. The average molecular weight is 218 g/mol. The van der Waals surface area contributed by atoms with Crippen molar-refractivity contribution in [2.24, 2.45) is 17.1 Å². The van der Waals surface area contributed by atoms with E-state index in [1.54, 1.807) is 0 Å². The van der Waals surface area contributed by atoms with E-state index < -0.39 is 6.04 Å². The van der Waals surface area contributed by atoms with E-state index in [-0.39, 0.29) is 37.0 Å². The van der Waals surface area contributed by atoms with E-state index in [9.17, 15) is 4.79 Å². The summed E-state index contributed by atoms with van der Waals surface area (Å²) in [6.45, 7) is 5.59. The van der Waals surface area contributed by atoms with Crippen molar-refractivity contribution < 1.29 is 15.0 Å². The summed E-state index contributed by atoms with van der Waals surface area (Å²) in [6, 6.07) is -0.587. The van der Waals surface area contributed by atoms with Crippen molar-refractivity contribution in [3.8, 4) is 0 Å². The Hall–Kier alpha value is -0.650. The first-order valence-electron chi connectivity index (χ1n) is 5.08. The molecule has 5 nitrogen and oxygen atoms in total. The van der Waals surface area contributed by atoms with E-state index in [2.05, 4.69) is 5.32 Å². The van der Waals surface area contributed by atoms with Crippen LogP contribution in [0.3, 0.4) is 0 Å². The van der Waals surface area contributed by atoms with Crippen molar-refractivity contribution in [3.63, 3.8) is 0 Å². The number of carbonyl (C=O) groups is 1. The molecule has 15 heavy (non-hydrogen) atoms. The number of carbonyl (C=O) groups excluding carboxylic acids is 1. The topological polar surface area (TPSA) is 95.6 Å². The van der Waals surface area contributed by atoms with Gasteiger partial charge in [0.25, 0.3) is 0 Å². The lowest BCUT2D eigenvalue weighted by molar-refractivity contribution is -0.124. The van der Waals surface area contributed by atoms with Crippen molar-refractivity contribution in [2.75, 3.05) is 19.8 Å². The van der Waals surface area contributed by atoms with Crippen LogP contribution in [0.1, 0.15) is 20.8 Å². The van der Waals surface area contributed by atoms with Gasteiger partial charge in [-0.15, -0.1) is 0 Å². The van der Waals surface area contributed by atoms with Gasteiger partial charge in [-0.25, -0.2) is 0 Å². The van der Waals surface area contributed by atoms with Crippen LogP contribution >= 0.6 is 0 Å². The Morgan fingerprint density at radius 1 is 1.33 bits per heavy atom. The van der Waals surface area contributed by atoms with Gasteiger partial charge in [0.15, 0.2) is 0 Å². The van der Waals surface area contributed by atoms with Gasteiger partial charge in [-0.1, -0.05) is 20.8 Å². The summed E-state index contributed by atoms with van der Waals surface area (Å²) in [7, 11) is 0. The summed E-state index contributed by atoms with van der Waals surface area (Å²) in [6.07, 6.45) is 0. The Bertz CT molecular complexity index is 197. The first-order chi connectivity index (χ1) is 6.82. The highest BCUT2D eigenvalue weighted by Crippen LogP contribution is 2.17. The van der Waals surface area contributed by atoms with Gasteiger partial charge in [-0.2, -0.15) is 0 Å². The zero-order valence-corrected chi connectivity index (χ0v) is 9.66. The molecule has 0 aliphatic carbocycles. The molecule has 0 aliphatic heterocycles. The number of nitrogens with two attached hydrogens (primary N) is 1. The molecular weight excluding hydrogens is 196 g/mol. The van der Waals surface area contributed by atoms with Gasteiger partial charge < -0.3 is 21.3 Å². The molecule has 0 rings (SSSR count). The fourth-order valence-electron chi connectivity index (χ4n) is 0.935. The summed E-state index contributed by atoms with van der Waals surface area (Å²) in [5, 5.41) is 20.2. The molecule has 0 bridgehead atoms. The third kappa shape index (κ3) is 5.11. The summed E-state index contributed by atoms with van der Waals surface area (Å²) in [4.78, 5) is 11.5. The van der Waals surface area contributed by atoms with E-state index >= 15 is 0 Å². The molecule has 0 heterocycles. The number of aliphatic hydroxyl groups excluding tert-OH is 2. The van der Waals surface area contributed by atoms with E-state index in [1.165, 1.54) is 0 Å². The second kappa shape index (κ2) is 6.05. The van der Waals surface area contributed by atoms with Crippen molar-refractivity contribution >= 4 is 5.91 Å². The second-order valence-electron chi connectivity index (χ2n) is 4.82. The van der Waals surface area contributed by atoms with Gasteiger partial charge in [0, 0.05) is 25.7 Å². The van der Waals surface area contributed by atoms with Crippen LogP contribution in [-0.2, 0) is 4.79 Å². The third-order valence-corrected chi connectivity index (χ3v) is 2.30. The maximum Gasteiger partial charge on any atom is 0.237 e. The summed E-state index contributed by atoms with van der Waals surface area (Å²) < 4.78 is 0. The van der Waals surface area contributed by atoms with Gasteiger partial charge in [0.05, 0.1) is 6.04 Å². The Labute approximate surface area is 90.7 Å². The predicted molar refractivity (Wildman–Crippen MR) is 58.1 cm³/mol. The van der Waals surface area contributed by atoms with Gasteiger partial charge in [-0.3, -0.25) is 4.79 Å². The van der Waals surface area contributed by atoms with Crippen LogP contribution in [0.2, 0.25) is 0 Å². The maximum atomic E-state index is 11.5. The van der Waals surface area contributed by atoms with Gasteiger partial charge in [-0.05, 0) is 5.41 Å². The fourth-order valence-corrected chi connectivity index (χ4v) is 0.935. The Balaban J connectivity index is 4.04. The first kappa shape index (κ1) is 14.3. The molecule has 1 unspecified atom stereocenters. The first-order valence-corrected chi connectivity index (χ1v) is 5.08. The standard InChI is InChI=1S/C10H22N2O3/c1-10(2,3)8(11)9(15)12-4-7(5-13)6-14/h7-8,13-14H,4-6,11H2,1-3H3,(H,12,15). The molecule has 0 saturated carbocycles. The monoisotopic (exact) mass is 218 g/mol. The number of nitrogens with one attached hydrogen (secondary N) is 1. The highest BCUT2D eigenvalue weighted by atomic mass is 16.3. The zero-order chi connectivity index (χ0) is 12.1. The summed E-state index contributed by atoms with van der Waals surface area (Å²) in [5.41, 5.74) is 5.43. The average Bonchev–Trinajstić information content (AvgIpc) is 2.16. The maximum absolute atomic E-state index is 11.5. The van der Waals surface area contributed by atoms with Crippen LogP contribution in [0.15, 0.2) is 0 Å². The van der Waals surface area contributed by atoms with E-state index in [0.717, 1.165) is 0 Å². The van der Waals surface area contributed by atoms with Crippen LogP contribution in [-0.4, -0.2) is 41.9 Å². The quantitative estimate of drug-likeness (QED) is 0.480. The van der Waals surface area contributed by atoms with Crippen LogP contribution in [0.25, 0.3) is 0 Å². The largest absolute Gasteiger partial charge is 0.396 e. The fraction of sp³-hybridized carbons (Fsp3) is 0.900. The van der Waals surface area contributed by atoms with Crippen LogP contribution < -0.4 is 11.1 Å². The van der Waals surface area contributed by atoms with E-state index in [1.807, 2.05) is 20.8 Å². The normalized spacial score (nSPS) is 14.1. The smallest absolute Gasteiger partial charge is 0.237 e.